The molecule has 0 amide bonds. The number of halogens is 2. The SMILES string of the molecule is CC1=Cc2ccccc2C1c1cc2ccccc2c(-c2ccc(C)c(C)c2C)c1[CH2][Ti]([NH2])([Cl])[Cl]. The fraction of sp³-hybridized carbons (Fsp3) is 0.200. The fourth-order valence-electron chi connectivity index (χ4n) is 5.52. The maximum atomic E-state index is 6.71. The summed E-state index contributed by atoms with van der Waals surface area (Å²) in [6.45, 7) is 8.82. The van der Waals surface area contributed by atoms with Crippen LogP contribution in [0.3, 0.4) is 0 Å². The Balaban J connectivity index is 1.91. The first kappa shape index (κ1) is 23.9. The third-order valence-corrected chi connectivity index (χ3v) is 9.78. The number of rotatable bonds is 4. The average molecular weight is 522 g/mol. The Bertz CT molecular complexity index is 1460. The van der Waals surface area contributed by atoms with E-state index in [-0.39, 0.29) is 5.92 Å². The Labute approximate surface area is 214 Å². The van der Waals surface area contributed by atoms with Crippen LogP contribution in [0.15, 0.2) is 72.3 Å². The van der Waals surface area contributed by atoms with Crippen molar-refractivity contribution < 1.29 is 14.7 Å². The molecule has 1 aliphatic rings. The zero-order chi connectivity index (χ0) is 24.2. The predicted octanol–water partition coefficient (Wildman–Crippen LogP) is 8.82. The maximum absolute atomic E-state index is 6.71. The van der Waals surface area contributed by atoms with Gasteiger partial charge in [-0.3, -0.25) is 0 Å². The molecule has 0 radical (unpaired) electrons. The zero-order valence-electron chi connectivity index (χ0n) is 20.0. The van der Waals surface area contributed by atoms with Crippen LogP contribution in [0.5, 0.6) is 0 Å². The number of benzene rings is 4. The Kier molecular flexibility index (Phi) is 6.30. The van der Waals surface area contributed by atoms with Crippen LogP contribution in [-0.4, -0.2) is 0 Å². The second kappa shape index (κ2) is 8.97. The molecule has 172 valence electrons. The van der Waals surface area contributed by atoms with Crippen molar-refractivity contribution >= 4 is 35.5 Å². The van der Waals surface area contributed by atoms with Gasteiger partial charge >= 0.3 is 215 Å². The van der Waals surface area contributed by atoms with E-state index in [0.717, 1.165) is 0 Å². The third kappa shape index (κ3) is 4.19. The van der Waals surface area contributed by atoms with Gasteiger partial charge in [0, 0.05) is 0 Å². The van der Waals surface area contributed by atoms with Crippen LogP contribution in [0.2, 0.25) is 0 Å². The molecule has 1 unspecified atom stereocenters. The van der Waals surface area contributed by atoms with E-state index >= 15 is 0 Å². The van der Waals surface area contributed by atoms with Gasteiger partial charge in [0.25, 0.3) is 0 Å². The number of hydrogen-bond acceptors (Lipinski definition) is 1. The van der Waals surface area contributed by atoms with E-state index in [4.69, 9.17) is 22.8 Å². The van der Waals surface area contributed by atoms with Crippen molar-refractivity contribution in [1.29, 1.82) is 0 Å². The molecule has 0 aromatic heterocycles. The van der Waals surface area contributed by atoms with Crippen LogP contribution < -0.4 is 4.22 Å². The summed E-state index contributed by atoms with van der Waals surface area (Å²) >= 11 is -3.52. The molecule has 5 rings (SSSR count). The van der Waals surface area contributed by atoms with Gasteiger partial charge in [-0.25, -0.2) is 0 Å². The third-order valence-electron chi connectivity index (χ3n) is 7.39. The summed E-state index contributed by atoms with van der Waals surface area (Å²) in [6, 6.07) is 24.1. The molecule has 2 N–H and O–H groups in total. The molecular formula is C30H29Cl2NTi. The van der Waals surface area contributed by atoms with E-state index in [1.165, 1.54) is 66.4 Å². The molecule has 1 nitrogen and oxygen atoms in total. The monoisotopic (exact) mass is 521 g/mol. The molecule has 4 aromatic carbocycles. The molecule has 0 spiro atoms. The fourth-order valence-corrected chi connectivity index (χ4v) is 7.96. The molecule has 4 aromatic rings. The van der Waals surface area contributed by atoms with Crippen LogP contribution in [0, 0.1) is 20.8 Å². The van der Waals surface area contributed by atoms with Gasteiger partial charge in [0.05, 0.1) is 0 Å². The molecule has 1 atom stereocenters. The first-order valence-electron chi connectivity index (χ1n) is 11.7. The molecule has 0 heterocycles. The van der Waals surface area contributed by atoms with E-state index in [9.17, 15) is 0 Å². The van der Waals surface area contributed by atoms with E-state index in [1.54, 1.807) is 0 Å². The summed E-state index contributed by atoms with van der Waals surface area (Å²) < 4.78 is 6.99. The van der Waals surface area contributed by atoms with Crippen molar-refractivity contribution in [3.05, 3.63) is 111 Å². The number of aryl methyl sites for hydroxylation is 1. The zero-order valence-corrected chi connectivity index (χ0v) is 23.1. The molecule has 0 fully saturated rings. The van der Waals surface area contributed by atoms with Gasteiger partial charge in [-0.2, -0.15) is 0 Å². The molecule has 34 heavy (non-hydrogen) atoms. The van der Waals surface area contributed by atoms with Gasteiger partial charge in [0.2, 0.25) is 0 Å². The molecule has 0 aliphatic heterocycles. The van der Waals surface area contributed by atoms with Crippen molar-refractivity contribution in [2.24, 2.45) is 4.22 Å². The molecule has 0 saturated heterocycles. The second-order valence-electron chi connectivity index (χ2n) is 9.61. The molecule has 0 saturated carbocycles. The summed E-state index contributed by atoms with van der Waals surface area (Å²) in [7, 11) is 13.4. The number of hydrogen-bond donors (Lipinski definition) is 1. The van der Waals surface area contributed by atoms with Crippen LogP contribution in [-0.2, 0) is 19.4 Å². The minimum atomic E-state index is -3.52. The summed E-state index contributed by atoms with van der Waals surface area (Å²) in [5.41, 5.74) is 12.8. The molecule has 1 aliphatic carbocycles. The van der Waals surface area contributed by atoms with E-state index in [0.29, 0.717) is 4.73 Å². The first-order valence-corrected chi connectivity index (χ1v) is 18.0. The normalized spacial score (nSPS) is 15.5. The Morgan fingerprint density at radius 2 is 1.53 bits per heavy atom. The standard InChI is InChI=1S/C30H27.2ClH.H2N.Ti/c1-18-14-15-25(21(4)20(18)3)30-22(5)28(17-24-11-7-9-13-27(24)30)29-19(2)16-23-10-6-8-12-26(23)29;;;;/h6-17,29H,5H2,1-4H3;2*1H;1H2;/q;;;-1;+3/p-2. The topological polar surface area (TPSA) is 26.0 Å². The summed E-state index contributed by atoms with van der Waals surface area (Å²) in [5.74, 6) is 0.166. The molecule has 4 heteroatoms. The van der Waals surface area contributed by atoms with E-state index in [1.807, 2.05) is 0 Å². The number of fused-ring (bicyclic) bond motifs is 2. The van der Waals surface area contributed by atoms with Gasteiger partial charge in [0.1, 0.15) is 0 Å². The van der Waals surface area contributed by atoms with Crippen LogP contribution in [0.4, 0.5) is 0 Å². The summed E-state index contributed by atoms with van der Waals surface area (Å²) in [4.78, 5) is 0. The summed E-state index contributed by atoms with van der Waals surface area (Å²) in [6.07, 6.45) is 2.30. The first-order chi connectivity index (χ1) is 16.2. The second-order valence-corrected chi connectivity index (χ2v) is 18.9. The Hall–Kier alpha value is -1.87. The van der Waals surface area contributed by atoms with Crippen LogP contribution in [0.25, 0.3) is 28.0 Å². The van der Waals surface area contributed by atoms with Gasteiger partial charge in [-0.05, 0) is 0 Å². The van der Waals surface area contributed by atoms with Gasteiger partial charge < -0.3 is 0 Å². The average Bonchev–Trinajstić information content (AvgIpc) is 3.12. The Morgan fingerprint density at radius 1 is 0.824 bits per heavy atom. The number of allylic oxidation sites excluding steroid dienone is 1. The van der Waals surface area contributed by atoms with Gasteiger partial charge in [0.15, 0.2) is 0 Å². The van der Waals surface area contributed by atoms with Crippen molar-refractivity contribution in [2.45, 2.75) is 38.3 Å². The van der Waals surface area contributed by atoms with Gasteiger partial charge in [-0.15, -0.1) is 0 Å². The number of nitrogens with two attached hydrogens (primary N) is 1. The van der Waals surface area contributed by atoms with Crippen molar-refractivity contribution in [3.63, 3.8) is 0 Å². The summed E-state index contributed by atoms with van der Waals surface area (Å²) in [5, 5.41) is 2.45. The van der Waals surface area contributed by atoms with Gasteiger partial charge in [-0.1, -0.05) is 0 Å². The molecule has 0 bridgehead atoms. The van der Waals surface area contributed by atoms with E-state index in [2.05, 4.69) is 101 Å². The van der Waals surface area contributed by atoms with Crippen molar-refractivity contribution in [1.82, 2.24) is 0 Å². The predicted molar refractivity (Wildman–Crippen MR) is 145 cm³/mol. The van der Waals surface area contributed by atoms with Crippen LogP contribution >= 0.6 is 18.6 Å². The van der Waals surface area contributed by atoms with Crippen molar-refractivity contribution in [2.75, 3.05) is 0 Å². The quantitative estimate of drug-likeness (QED) is 0.266. The van der Waals surface area contributed by atoms with Crippen molar-refractivity contribution in [3.8, 4) is 11.1 Å². The van der Waals surface area contributed by atoms with E-state index < -0.39 is 14.7 Å². The van der Waals surface area contributed by atoms with Crippen LogP contribution in [0.1, 0.15) is 51.8 Å². The Morgan fingerprint density at radius 3 is 2.29 bits per heavy atom. The molecular weight excluding hydrogens is 493 g/mol. The minimum absolute atomic E-state index is 0.166.